The lowest BCUT2D eigenvalue weighted by atomic mass is 9.73. The maximum absolute atomic E-state index is 9.11. The highest BCUT2D eigenvalue weighted by Gasteiger charge is 2.33. The monoisotopic (exact) mass is 171 g/mol. The van der Waals surface area contributed by atoms with Gasteiger partial charge in [-0.1, -0.05) is 20.8 Å². The van der Waals surface area contributed by atoms with Gasteiger partial charge in [0.1, 0.15) is 0 Å². The molecular formula is C10H21NO. The van der Waals surface area contributed by atoms with Gasteiger partial charge < -0.3 is 10.8 Å². The van der Waals surface area contributed by atoms with Crippen LogP contribution in [0.15, 0.2) is 0 Å². The lowest BCUT2D eigenvalue weighted by Crippen LogP contribution is -2.43. The molecule has 2 nitrogen and oxygen atoms in total. The molecule has 12 heavy (non-hydrogen) atoms. The molecule has 0 aromatic heterocycles. The van der Waals surface area contributed by atoms with Crippen LogP contribution < -0.4 is 5.73 Å². The molecule has 0 saturated heterocycles. The quantitative estimate of drug-likeness (QED) is 0.661. The number of hydrogen-bond donors (Lipinski definition) is 2. The summed E-state index contributed by atoms with van der Waals surface area (Å²) in [5, 5.41) is 9.11. The van der Waals surface area contributed by atoms with Gasteiger partial charge in [-0.3, -0.25) is 0 Å². The van der Waals surface area contributed by atoms with Crippen molar-refractivity contribution >= 4 is 0 Å². The van der Waals surface area contributed by atoms with Gasteiger partial charge in [0.05, 0.1) is 6.10 Å². The van der Waals surface area contributed by atoms with Crippen LogP contribution in [0.25, 0.3) is 0 Å². The normalized spacial score (nSPS) is 32.8. The van der Waals surface area contributed by atoms with Crippen molar-refractivity contribution in [1.82, 2.24) is 0 Å². The second kappa shape index (κ2) is 3.35. The zero-order chi connectivity index (χ0) is 9.35. The summed E-state index contributed by atoms with van der Waals surface area (Å²) in [7, 11) is 0. The molecular weight excluding hydrogens is 150 g/mol. The van der Waals surface area contributed by atoms with E-state index in [1.54, 1.807) is 0 Å². The summed E-state index contributed by atoms with van der Waals surface area (Å²) in [6.07, 6.45) is 2.82. The molecule has 1 aliphatic carbocycles. The molecule has 0 radical (unpaired) electrons. The molecule has 0 bridgehead atoms. The number of aliphatic hydroxyl groups is 1. The third-order valence-electron chi connectivity index (χ3n) is 2.60. The summed E-state index contributed by atoms with van der Waals surface area (Å²) >= 11 is 0. The predicted molar refractivity (Wildman–Crippen MR) is 50.8 cm³/mol. The predicted octanol–water partition coefficient (Wildman–Crippen LogP) is 1.52. The van der Waals surface area contributed by atoms with Gasteiger partial charge in [0, 0.05) is 6.04 Å². The molecule has 1 saturated carbocycles. The van der Waals surface area contributed by atoms with Crippen LogP contribution in [-0.4, -0.2) is 17.3 Å². The van der Waals surface area contributed by atoms with Crippen molar-refractivity contribution < 1.29 is 5.11 Å². The van der Waals surface area contributed by atoms with Crippen molar-refractivity contribution in [2.75, 3.05) is 0 Å². The molecule has 1 unspecified atom stereocenters. The van der Waals surface area contributed by atoms with Gasteiger partial charge in [-0.25, -0.2) is 0 Å². The number of rotatable bonds is 2. The third-order valence-corrected chi connectivity index (χ3v) is 2.60. The summed E-state index contributed by atoms with van der Waals surface area (Å²) in [5.74, 6) is 0.569. The SMILES string of the molecule is CC(C)(C)CC(N)C1CC(O)C1. The van der Waals surface area contributed by atoms with E-state index in [9.17, 15) is 0 Å². The van der Waals surface area contributed by atoms with E-state index in [2.05, 4.69) is 20.8 Å². The Balaban J connectivity index is 2.25. The smallest absolute Gasteiger partial charge is 0.0546 e. The van der Waals surface area contributed by atoms with Crippen LogP contribution >= 0.6 is 0 Å². The van der Waals surface area contributed by atoms with Crippen LogP contribution in [-0.2, 0) is 0 Å². The van der Waals surface area contributed by atoms with E-state index in [4.69, 9.17) is 10.8 Å². The molecule has 3 N–H and O–H groups in total. The van der Waals surface area contributed by atoms with Crippen molar-refractivity contribution in [3.63, 3.8) is 0 Å². The summed E-state index contributed by atoms with van der Waals surface area (Å²) in [6, 6.07) is 0.286. The zero-order valence-corrected chi connectivity index (χ0v) is 8.38. The Morgan fingerprint density at radius 1 is 1.42 bits per heavy atom. The van der Waals surface area contributed by atoms with Gasteiger partial charge >= 0.3 is 0 Å². The minimum atomic E-state index is -0.0685. The largest absolute Gasteiger partial charge is 0.393 e. The van der Waals surface area contributed by atoms with E-state index in [-0.39, 0.29) is 12.1 Å². The fourth-order valence-corrected chi connectivity index (χ4v) is 1.85. The second-order valence-corrected chi connectivity index (χ2v) is 5.31. The molecule has 0 amide bonds. The van der Waals surface area contributed by atoms with Crippen LogP contribution in [0.4, 0.5) is 0 Å². The van der Waals surface area contributed by atoms with Crippen molar-refractivity contribution in [2.45, 2.75) is 52.2 Å². The third kappa shape index (κ3) is 2.76. The molecule has 0 aromatic carbocycles. The molecule has 0 spiro atoms. The maximum atomic E-state index is 9.11. The molecule has 0 heterocycles. The van der Waals surface area contributed by atoms with Crippen LogP contribution in [0.3, 0.4) is 0 Å². The Labute approximate surface area is 75.2 Å². The highest BCUT2D eigenvalue weighted by atomic mass is 16.3. The van der Waals surface area contributed by atoms with Gasteiger partial charge in [0.25, 0.3) is 0 Å². The number of nitrogens with two attached hydrogens (primary N) is 1. The van der Waals surface area contributed by atoms with Gasteiger partial charge in [0.2, 0.25) is 0 Å². The first-order valence-electron chi connectivity index (χ1n) is 4.82. The van der Waals surface area contributed by atoms with E-state index in [0.29, 0.717) is 11.3 Å². The molecule has 0 aliphatic heterocycles. The number of aliphatic hydroxyl groups excluding tert-OH is 1. The average molecular weight is 171 g/mol. The lowest BCUT2D eigenvalue weighted by molar-refractivity contribution is 0.0245. The van der Waals surface area contributed by atoms with E-state index >= 15 is 0 Å². The van der Waals surface area contributed by atoms with Crippen LogP contribution in [0, 0.1) is 11.3 Å². The van der Waals surface area contributed by atoms with Crippen molar-refractivity contribution in [3.8, 4) is 0 Å². The molecule has 0 aromatic rings. The van der Waals surface area contributed by atoms with Gasteiger partial charge in [-0.15, -0.1) is 0 Å². The lowest BCUT2D eigenvalue weighted by Gasteiger charge is -2.38. The Bertz CT molecular complexity index is 144. The van der Waals surface area contributed by atoms with Gasteiger partial charge in [-0.05, 0) is 30.6 Å². The fraction of sp³-hybridized carbons (Fsp3) is 1.00. The van der Waals surface area contributed by atoms with E-state index in [1.807, 2.05) is 0 Å². The first-order chi connectivity index (χ1) is 5.38. The standard InChI is InChI=1S/C10H21NO/c1-10(2,3)6-9(11)7-4-8(12)5-7/h7-9,12H,4-6,11H2,1-3H3. The van der Waals surface area contributed by atoms with Crippen LogP contribution in [0.5, 0.6) is 0 Å². The van der Waals surface area contributed by atoms with Crippen molar-refractivity contribution in [2.24, 2.45) is 17.1 Å². The highest BCUT2D eigenvalue weighted by molar-refractivity contribution is 4.88. The van der Waals surface area contributed by atoms with Crippen LogP contribution in [0.2, 0.25) is 0 Å². The minimum absolute atomic E-state index is 0.0685. The van der Waals surface area contributed by atoms with Crippen molar-refractivity contribution in [1.29, 1.82) is 0 Å². The molecule has 1 atom stereocenters. The number of hydrogen-bond acceptors (Lipinski definition) is 2. The molecule has 2 heteroatoms. The Kier molecular flexibility index (Phi) is 2.79. The second-order valence-electron chi connectivity index (χ2n) is 5.31. The van der Waals surface area contributed by atoms with Gasteiger partial charge in [0.15, 0.2) is 0 Å². The van der Waals surface area contributed by atoms with Crippen LogP contribution in [0.1, 0.15) is 40.0 Å². The molecule has 1 fully saturated rings. The summed E-state index contributed by atoms with van der Waals surface area (Å²) in [4.78, 5) is 0. The molecule has 72 valence electrons. The van der Waals surface area contributed by atoms with E-state index in [1.165, 1.54) is 0 Å². The first-order valence-corrected chi connectivity index (χ1v) is 4.82. The highest BCUT2D eigenvalue weighted by Crippen LogP contribution is 2.34. The molecule has 1 aliphatic rings. The first kappa shape index (κ1) is 10.0. The summed E-state index contributed by atoms with van der Waals surface area (Å²) < 4.78 is 0. The fourth-order valence-electron chi connectivity index (χ4n) is 1.85. The van der Waals surface area contributed by atoms with E-state index in [0.717, 1.165) is 19.3 Å². The Morgan fingerprint density at radius 3 is 2.25 bits per heavy atom. The summed E-state index contributed by atoms with van der Waals surface area (Å²) in [5.41, 5.74) is 6.34. The minimum Gasteiger partial charge on any atom is -0.393 e. The Morgan fingerprint density at radius 2 is 1.92 bits per heavy atom. The zero-order valence-electron chi connectivity index (χ0n) is 8.38. The molecule has 1 rings (SSSR count). The maximum Gasteiger partial charge on any atom is 0.0546 e. The average Bonchev–Trinajstić information content (AvgIpc) is 1.76. The summed E-state index contributed by atoms with van der Waals surface area (Å²) in [6.45, 7) is 6.63. The topological polar surface area (TPSA) is 46.2 Å². The van der Waals surface area contributed by atoms with E-state index < -0.39 is 0 Å². The Hall–Kier alpha value is -0.0800. The van der Waals surface area contributed by atoms with Gasteiger partial charge in [-0.2, -0.15) is 0 Å². The van der Waals surface area contributed by atoms with Crippen molar-refractivity contribution in [3.05, 3.63) is 0 Å².